The highest BCUT2D eigenvalue weighted by Crippen LogP contribution is 2.24. The van der Waals surface area contributed by atoms with Crippen molar-refractivity contribution in [3.63, 3.8) is 0 Å². The number of aryl methyl sites for hydroxylation is 1. The fourth-order valence-corrected chi connectivity index (χ4v) is 3.37. The Balaban J connectivity index is 1.51. The van der Waals surface area contributed by atoms with Crippen LogP contribution in [0.5, 0.6) is 0 Å². The summed E-state index contributed by atoms with van der Waals surface area (Å²) in [6.45, 7) is 2.10. The van der Waals surface area contributed by atoms with Crippen LogP contribution in [0, 0.1) is 12.7 Å². The van der Waals surface area contributed by atoms with Crippen LogP contribution in [0.3, 0.4) is 0 Å². The van der Waals surface area contributed by atoms with Crippen LogP contribution in [0.2, 0.25) is 0 Å². The number of amides is 2. The number of hydrogen-bond donors (Lipinski definition) is 1. The SMILES string of the molecule is Cc1nnc(-c2cccc(C(=O)NC3CCCN(c4ccccc4F)C3=O)c2)o1. The summed E-state index contributed by atoms with van der Waals surface area (Å²) >= 11 is 0. The van der Waals surface area contributed by atoms with Gasteiger partial charge < -0.3 is 14.6 Å². The van der Waals surface area contributed by atoms with Gasteiger partial charge in [-0.3, -0.25) is 9.59 Å². The van der Waals surface area contributed by atoms with Crippen molar-refractivity contribution in [2.24, 2.45) is 0 Å². The summed E-state index contributed by atoms with van der Waals surface area (Å²) in [5.74, 6) is -0.432. The van der Waals surface area contributed by atoms with E-state index in [4.69, 9.17) is 4.42 Å². The number of carbonyl (C=O) groups excluding carboxylic acids is 2. The lowest BCUT2D eigenvalue weighted by molar-refractivity contribution is -0.121. The molecule has 148 valence electrons. The van der Waals surface area contributed by atoms with Crippen LogP contribution in [-0.2, 0) is 4.79 Å². The van der Waals surface area contributed by atoms with Crippen molar-refractivity contribution in [1.82, 2.24) is 15.5 Å². The lowest BCUT2D eigenvalue weighted by Crippen LogP contribution is -2.52. The predicted octanol–water partition coefficient (Wildman–Crippen LogP) is 3.11. The zero-order valence-corrected chi connectivity index (χ0v) is 15.8. The second-order valence-electron chi connectivity index (χ2n) is 6.82. The van der Waals surface area contributed by atoms with Gasteiger partial charge in [-0.2, -0.15) is 0 Å². The molecule has 1 aromatic heterocycles. The molecule has 1 atom stereocenters. The van der Waals surface area contributed by atoms with Crippen molar-refractivity contribution >= 4 is 17.5 Å². The zero-order valence-electron chi connectivity index (χ0n) is 15.8. The molecule has 2 heterocycles. The number of anilines is 1. The van der Waals surface area contributed by atoms with Crippen molar-refractivity contribution in [1.29, 1.82) is 0 Å². The molecule has 3 aromatic rings. The van der Waals surface area contributed by atoms with E-state index >= 15 is 0 Å². The van der Waals surface area contributed by atoms with E-state index in [1.165, 1.54) is 11.0 Å². The summed E-state index contributed by atoms with van der Waals surface area (Å²) in [7, 11) is 0. The van der Waals surface area contributed by atoms with E-state index < -0.39 is 17.8 Å². The van der Waals surface area contributed by atoms with E-state index in [2.05, 4.69) is 15.5 Å². The summed E-state index contributed by atoms with van der Waals surface area (Å²) in [6, 6.07) is 12.2. The zero-order chi connectivity index (χ0) is 20.4. The molecule has 1 aliphatic rings. The fraction of sp³-hybridized carbons (Fsp3) is 0.238. The second kappa shape index (κ2) is 7.83. The Labute approximate surface area is 166 Å². The summed E-state index contributed by atoms with van der Waals surface area (Å²) in [6.07, 6.45) is 1.16. The van der Waals surface area contributed by atoms with Gasteiger partial charge >= 0.3 is 0 Å². The molecule has 0 spiro atoms. The van der Waals surface area contributed by atoms with Gasteiger partial charge in [0, 0.05) is 24.6 Å². The first-order chi connectivity index (χ1) is 14.0. The van der Waals surface area contributed by atoms with Gasteiger partial charge in [-0.25, -0.2) is 4.39 Å². The third-order valence-corrected chi connectivity index (χ3v) is 4.78. The number of nitrogens with zero attached hydrogens (tertiary/aromatic N) is 3. The molecule has 1 saturated heterocycles. The van der Waals surface area contributed by atoms with E-state index in [1.807, 2.05) is 0 Å². The number of hydrogen-bond acceptors (Lipinski definition) is 5. The predicted molar refractivity (Wildman–Crippen MR) is 104 cm³/mol. The van der Waals surface area contributed by atoms with Crippen molar-refractivity contribution in [3.8, 4) is 11.5 Å². The molecule has 2 amide bonds. The van der Waals surface area contributed by atoms with Crippen molar-refractivity contribution in [2.75, 3.05) is 11.4 Å². The number of rotatable bonds is 4. The molecule has 4 rings (SSSR count). The Morgan fingerprint density at radius 1 is 1.21 bits per heavy atom. The largest absolute Gasteiger partial charge is 0.421 e. The first-order valence-electron chi connectivity index (χ1n) is 9.30. The van der Waals surface area contributed by atoms with Gasteiger partial charge in [0.1, 0.15) is 11.9 Å². The minimum Gasteiger partial charge on any atom is -0.421 e. The van der Waals surface area contributed by atoms with Gasteiger partial charge in [0.15, 0.2) is 0 Å². The van der Waals surface area contributed by atoms with Gasteiger partial charge in [-0.05, 0) is 43.2 Å². The van der Waals surface area contributed by atoms with Gasteiger partial charge in [-0.1, -0.05) is 18.2 Å². The lowest BCUT2D eigenvalue weighted by atomic mass is 10.0. The van der Waals surface area contributed by atoms with Crippen molar-refractivity contribution < 1.29 is 18.4 Å². The molecule has 0 aliphatic carbocycles. The lowest BCUT2D eigenvalue weighted by Gasteiger charge is -2.32. The molecule has 29 heavy (non-hydrogen) atoms. The Kier molecular flexibility index (Phi) is 5.07. The molecular weight excluding hydrogens is 375 g/mol. The number of para-hydroxylation sites is 1. The molecule has 7 nitrogen and oxygen atoms in total. The van der Waals surface area contributed by atoms with Crippen LogP contribution in [0.1, 0.15) is 29.1 Å². The Morgan fingerprint density at radius 3 is 2.79 bits per heavy atom. The molecule has 2 aromatic carbocycles. The maximum Gasteiger partial charge on any atom is 0.251 e. The molecule has 0 saturated carbocycles. The van der Waals surface area contributed by atoms with Crippen LogP contribution in [0.4, 0.5) is 10.1 Å². The second-order valence-corrected chi connectivity index (χ2v) is 6.82. The molecule has 1 unspecified atom stereocenters. The first kappa shape index (κ1) is 18.8. The average Bonchev–Trinajstić information content (AvgIpc) is 3.17. The minimum absolute atomic E-state index is 0.227. The Morgan fingerprint density at radius 2 is 2.03 bits per heavy atom. The van der Waals surface area contributed by atoms with E-state index in [9.17, 15) is 14.0 Å². The molecule has 1 fully saturated rings. The smallest absolute Gasteiger partial charge is 0.251 e. The van der Waals surface area contributed by atoms with E-state index in [1.54, 1.807) is 49.4 Å². The number of halogens is 1. The highest BCUT2D eigenvalue weighted by Gasteiger charge is 2.32. The van der Waals surface area contributed by atoms with E-state index in [-0.39, 0.29) is 11.6 Å². The summed E-state index contributed by atoms with van der Waals surface area (Å²) in [4.78, 5) is 27.0. The molecule has 1 aliphatic heterocycles. The van der Waals surface area contributed by atoms with Gasteiger partial charge in [-0.15, -0.1) is 10.2 Å². The van der Waals surface area contributed by atoms with Gasteiger partial charge in [0.05, 0.1) is 5.69 Å². The molecule has 8 heteroatoms. The third-order valence-electron chi connectivity index (χ3n) is 4.78. The van der Waals surface area contributed by atoms with Gasteiger partial charge in [0.25, 0.3) is 5.91 Å². The maximum atomic E-state index is 14.1. The monoisotopic (exact) mass is 394 g/mol. The average molecular weight is 394 g/mol. The quantitative estimate of drug-likeness (QED) is 0.735. The summed E-state index contributed by atoms with van der Waals surface area (Å²) in [5.41, 5.74) is 1.21. The normalized spacial score (nSPS) is 16.7. The topological polar surface area (TPSA) is 88.3 Å². The standard InChI is InChI=1S/C21H19FN4O3/c1-13-24-25-20(29-13)15-7-4-6-14(12-15)19(27)23-17-9-5-11-26(21(17)28)18-10-3-2-8-16(18)22/h2-4,6-8,10,12,17H,5,9,11H2,1H3,(H,23,27). The fourth-order valence-electron chi connectivity index (χ4n) is 3.37. The number of carbonyl (C=O) groups is 2. The minimum atomic E-state index is -0.717. The summed E-state index contributed by atoms with van der Waals surface area (Å²) in [5, 5.41) is 10.5. The molecule has 1 N–H and O–H groups in total. The Bertz CT molecular complexity index is 1070. The third kappa shape index (κ3) is 3.87. The molecular formula is C21H19FN4O3. The highest BCUT2D eigenvalue weighted by atomic mass is 19.1. The van der Waals surface area contributed by atoms with Crippen molar-refractivity contribution in [2.45, 2.75) is 25.8 Å². The van der Waals surface area contributed by atoms with E-state index in [0.717, 1.165) is 0 Å². The number of aromatic nitrogens is 2. The van der Waals surface area contributed by atoms with E-state index in [0.29, 0.717) is 42.3 Å². The van der Waals surface area contributed by atoms with Crippen molar-refractivity contribution in [3.05, 3.63) is 65.8 Å². The first-order valence-corrected chi connectivity index (χ1v) is 9.30. The van der Waals surface area contributed by atoms with Gasteiger partial charge in [0.2, 0.25) is 17.7 Å². The maximum absolute atomic E-state index is 14.1. The summed E-state index contributed by atoms with van der Waals surface area (Å²) < 4.78 is 19.5. The molecule has 0 bridgehead atoms. The van der Waals surface area contributed by atoms with Crippen LogP contribution in [0.15, 0.2) is 52.9 Å². The van der Waals surface area contributed by atoms with Crippen LogP contribution >= 0.6 is 0 Å². The molecule has 0 radical (unpaired) electrons. The highest BCUT2D eigenvalue weighted by molar-refractivity contribution is 6.03. The van der Waals surface area contributed by atoms with Crippen LogP contribution < -0.4 is 10.2 Å². The Hall–Kier alpha value is -3.55. The van der Waals surface area contributed by atoms with Crippen LogP contribution in [-0.4, -0.2) is 34.6 Å². The number of nitrogens with one attached hydrogen (secondary N) is 1. The number of benzene rings is 2. The van der Waals surface area contributed by atoms with Crippen LogP contribution in [0.25, 0.3) is 11.5 Å². The number of piperidine rings is 1.